The topological polar surface area (TPSA) is 39.7 Å². The Morgan fingerprint density at radius 2 is 2.00 bits per heavy atom. The van der Waals surface area contributed by atoms with Crippen LogP contribution in [-0.4, -0.2) is 32.6 Å². The quantitative estimate of drug-likeness (QED) is 0.269. The Labute approximate surface area is 86.8 Å². The minimum absolute atomic E-state index is 0.589. The van der Waals surface area contributed by atoms with Crippen LogP contribution in [0.3, 0.4) is 0 Å². The van der Waals surface area contributed by atoms with Crippen LogP contribution in [0.15, 0.2) is 0 Å². The molecule has 1 unspecified atom stereocenters. The maximum Gasteiger partial charge on any atom is 0.198 e. The number of methoxy groups -OCH3 is 1. The third-order valence-corrected chi connectivity index (χ3v) is 2.14. The van der Waals surface area contributed by atoms with Gasteiger partial charge in [0, 0.05) is 13.5 Å². The van der Waals surface area contributed by atoms with E-state index in [1.165, 1.54) is 0 Å². The highest BCUT2D eigenvalue weighted by Crippen LogP contribution is 2.15. The summed E-state index contributed by atoms with van der Waals surface area (Å²) in [6, 6.07) is 0. The van der Waals surface area contributed by atoms with E-state index in [0.29, 0.717) is 6.61 Å². The lowest BCUT2D eigenvalue weighted by Crippen LogP contribution is -2.30. The fraction of sp³-hybridized carbons (Fsp3) is 1.00. The van der Waals surface area contributed by atoms with Crippen LogP contribution in [0, 0.1) is 0 Å². The predicted octanol–water partition coefficient (Wildman–Crippen LogP) is 1.71. The highest BCUT2D eigenvalue weighted by atomic mass is 17.2. The molecule has 0 radical (unpaired) electrons. The van der Waals surface area contributed by atoms with Crippen molar-refractivity contribution in [2.24, 2.45) is 0 Å². The van der Waals surface area contributed by atoms with E-state index < -0.39 is 5.79 Å². The van der Waals surface area contributed by atoms with Crippen molar-refractivity contribution < 1.29 is 14.5 Å². The summed E-state index contributed by atoms with van der Waals surface area (Å²) in [5.74, 6) is -0.613. The van der Waals surface area contributed by atoms with Crippen LogP contribution in [0.25, 0.3) is 0 Å². The standard InChI is InChI=1S/C10H23NO3/c1-5-10(3,12-4)14-13-9-7-8-11-6-2/h11H,5-9H2,1-4H3. The van der Waals surface area contributed by atoms with E-state index in [4.69, 9.17) is 14.5 Å². The van der Waals surface area contributed by atoms with Gasteiger partial charge in [0.25, 0.3) is 0 Å². The van der Waals surface area contributed by atoms with Crippen LogP contribution in [0.1, 0.15) is 33.6 Å². The van der Waals surface area contributed by atoms with E-state index in [2.05, 4.69) is 12.2 Å². The molecule has 4 nitrogen and oxygen atoms in total. The molecule has 0 fully saturated rings. The number of ether oxygens (including phenoxy) is 1. The Hall–Kier alpha value is -0.160. The first kappa shape index (κ1) is 13.8. The van der Waals surface area contributed by atoms with Crippen LogP contribution in [-0.2, 0) is 14.5 Å². The molecular formula is C10H23NO3. The van der Waals surface area contributed by atoms with Gasteiger partial charge in [-0.2, -0.15) is 0 Å². The summed E-state index contributed by atoms with van der Waals surface area (Å²) >= 11 is 0. The largest absolute Gasteiger partial charge is 0.351 e. The molecule has 0 aliphatic carbocycles. The molecule has 14 heavy (non-hydrogen) atoms. The zero-order valence-corrected chi connectivity index (χ0v) is 9.76. The fourth-order valence-electron chi connectivity index (χ4n) is 0.836. The molecule has 0 saturated heterocycles. The maximum absolute atomic E-state index is 5.16. The fourth-order valence-corrected chi connectivity index (χ4v) is 0.836. The number of nitrogens with one attached hydrogen (secondary N) is 1. The summed E-state index contributed by atoms with van der Waals surface area (Å²) in [5.41, 5.74) is 0. The van der Waals surface area contributed by atoms with Crippen molar-refractivity contribution >= 4 is 0 Å². The minimum atomic E-state index is -0.613. The number of rotatable bonds is 9. The van der Waals surface area contributed by atoms with Crippen molar-refractivity contribution in [3.63, 3.8) is 0 Å². The van der Waals surface area contributed by atoms with Gasteiger partial charge in [-0.25, -0.2) is 9.78 Å². The van der Waals surface area contributed by atoms with E-state index in [1.807, 2.05) is 13.8 Å². The minimum Gasteiger partial charge on any atom is -0.351 e. The van der Waals surface area contributed by atoms with Gasteiger partial charge < -0.3 is 10.1 Å². The molecule has 1 N–H and O–H groups in total. The van der Waals surface area contributed by atoms with Crippen LogP contribution in [0.4, 0.5) is 0 Å². The third-order valence-electron chi connectivity index (χ3n) is 2.14. The molecule has 0 aliphatic rings. The monoisotopic (exact) mass is 205 g/mol. The summed E-state index contributed by atoms with van der Waals surface area (Å²) in [6.07, 6.45) is 1.70. The second kappa shape index (κ2) is 8.17. The maximum atomic E-state index is 5.16. The first-order valence-corrected chi connectivity index (χ1v) is 5.25. The second-order valence-corrected chi connectivity index (χ2v) is 3.30. The van der Waals surface area contributed by atoms with Crippen molar-refractivity contribution in [3.05, 3.63) is 0 Å². The van der Waals surface area contributed by atoms with Gasteiger partial charge in [-0.1, -0.05) is 13.8 Å². The van der Waals surface area contributed by atoms with E-state index >= 15 is 0 Å². The molecule has 1 atom stereocenters. The van der Waals surface area contributed by atoms with Crippen molar-refractivity contribution in [3.8, 4) is 0 Å². The van der Waals surface area contributed by atoms with E-state index in [0.717, 1.165) is 25.9 Å². The predicted molar refractivity (Wildman–Crippen MR) is 55.9 cm³/mol. The Balaban J connectivity index is 3.34. The van der Waals surface area contributed by atoms with Crippen molar-refractivity contribution in [1.82, 2.24) is 5.32 Å². The summed E-state index contributed by atoms with van der Waals surface area (Å²) < 4.78 is 5.15. The van der Waals surface area contributed by atoms with E-state index in [-0.39, 0.29) is 0 Å². The first-order chi connectivity index (χ1) is 6.68. The molecule has 0 bridgehead atoms. The molecule has 0 aromatic carbocycles. The zero-order valence-electron chi connectivity index (χ0n) is 9.76. The SMILES string of the molecule is CCNCCCOOC(C)(CC)OC. The van der Waals surface area contributed by atoms with Gasteiger partial charge in [-0.3, -0.25) is 0 Å². The van der Waals surface area contributed by atoms with Crippen molar-refractivity contribution in [2.45, 2.75) is 39.4 Å². The van der Waals surface area contributed by atoms with Crippen molar-refractivity contribution in [1.29, 1.82) is 0 Å². The highest BCUT2D eigenvalue weighted by Gasteiger charge is 2.22. The summed E-state index contributed by atoms with van der Waals surface area (Å²) in [6.45, 7) is 8.46. The molecule has 0 spiro atoms. The average molecular weight is 205 g/mol. The lowest BCUT2D eigenvalue weighted by atomic mass is 10.2. The highest BCUT2D eigenvalue weighted by molar-refractivity contribution is 4.55. The third kappa shape index (κ3) is 6.32. The van der Waals surface area contributed by atoms with Gasteiger partial charge in [0.1, 0.15) is 0 Å². The first-order valence-electron chi connectivity index (χ1n) is 5.25. The summed E-state index contributed by atoms with van der Waals surface area (Å²) in [4.78, 5) is 10.2. The molecule has 0 saturated carbocycles. The Morgan fingerprint density at radius 3 is 2.50 bits per heavy atom. The summed E-state index contributed by atoms with van der Waals surface area (Å²) in [5, 5.41) is 3.21. The van der Waals surface area contributed by atoms with Gasteiger partial charge in [0.15, 0.2) is 5.79 Å². The molecule has 0 aromatic heterocycles. The molecule has 0 rings (SSSR count). The zero-order chi connectivity index (χ0) is 10.9. The normalized spacial score (nSPS) is 15.4. The molecular weight excluding hydrogens is 182 g/mol. The van der Waals surface area contributed by atoms with Crippen LogP contribution >= 0.6 is 0 Å². The van der Waals surface area contributed by atoms with Crippen LogP contribution in [0.2, 0.25) is 0 Å². The van der Waals surface area contributed by atoms with E-state index in [1.54, 1.807) is 7.11 Å². The van der Waals surface area contributed by atoms with Crippen LogP contribution < -0.4 is 5.32 Å². The molecule has 0 heterocycles. The second-order valence-electron chi connectivity index (χ2n) is 3.30. The van der Waals surface area contributed by atoms with Gasteiger partial charge >= 0.3 is 0 Å². The van der Waals surface area contributed by atoms with Gasteiger partial charge in [0.2, 0.25) is 0 Å². The van der Waals surface area contributed by atoms with E-state index in [9.17, 15) is 0 Å². The Bertz CT molecular complexity index is 127. The Kier molecular flexibility index (Phi) is 8.08. The lowest BCUT2D eigenvalue weighted by molar-refractivity contribution is -0.419. The Morgan fingerprint density at radius 1 is 1.29 bits per heavy atom. The molecule has 0 amide bonds. The van der Waals surface area contributed by atoms with Crippen LogP contribution in [0.5, 0.6) is 0 Å². The summed E-state index contributed by atoms with van der Waals surface area (Å²) in [7, 11) is 1.62. The van der Waals surface area contributed by atoms with Gasteiger partial charge in [-0.05, 0) is 26.4 Å². The number of hydrogen-bond donors (Lipinski definition) is 1. The number of hydrogen-bond acceptors (Lipinski definition) is 4. The average Bonchev–Trinajstić information content (AvgIpc) is 2.23. The molecule has 0 aromatic rings. The molecule has 4 heteroatoms. The lowest BCUT2D eigenvalue weighted by Gasteiger charge is -2.24. The van der Waals surface area contributed by atoms with Gasteiger partial charge in [-0.15, -0.1) is 0 Å². The van der Waals surface area contributed by atoms with Gasteiger partial charge in [0.05, 0.1) is 6.61 Å². The smallest absolute Gasteiger partial charge is 0.198 e. The van der Waals surface area contributed by atoms with Crippen molar-refractivity contribution in [2.75, 3.05) is 26.8 Å². The molecule has 86 valence electrons. The molecule has 0 aliphatic heterocycles.